The molecule has 2 aliphatic rings. The summed E-state index contributed by atoms with van der Waals surface area (Å²) in [6.07, 6.45) is 4.25. The van der Waals surface area contributed by atoms with Gasteiger partial charge in [0.2, 0.25) is 0 Å². The summed E-state index contributed by atoms with van der Waals surface area (Å²) < 4.78 is 41.1. The van der Waals surface area contributed by atoms with Crippen molar-refractivity contribution >= 4 is 16.9 Å². The van der Waals surface area contributed by atoms with Gasteiger partial charge >= 0.3 is 6.18 Å². The lowest BCUT2D eigenvalue weighted by Gasteiger charge is -2.53. The number of benzene rings is 1. The summed E-state index contributed by atoms with van der Waals surface area (Å²) in [6.45, 7) is 2.23. The molecule has 0 unspecified atom stereocenters. The first-order valence-corrected chi connectivity index (χ1v) is 12.7. The number of piperidine rings is 1. The molecule has 0 aliphatic carbocycles. The lowest BCUT2D eigenvalue weighted by Crippen LogP contribution is -2.66. The van der Waals surface area contributed by atoms with Gasteiger partial charge in [-0.25, -0.2) is 9.97 Å². The SMILES string of the molecule is N#CCC1(n2cc(-c3ncnc4[nH]ccc34)cn2)CN(C2CCN(C(=O)c3cccc(C(F)(F)F)c3)CC2)C1. The van der Waals surface area contributed by atoms with Gasteiger partial charge in [-0.05, 0) is 37.1 Å². The van der Waals surface area contributed by atoms with Crippen molar-refractivity contribution in [2.24, 2.45) is 0 Å². The fourth-order valence-corrected chi connectivity index (χ4v) is 5.70. The molecule has 6 rings (SSSR count). The van der Waals surface area contributed by atoms with Crippen molar-refractivity contribution in [1.82, 2.24) is 34.5 Å². The van der Waals surface area contributed by atoms with E-state index in [4.69, 9.17) is 0 Å². The fourth-order valence-electron chi connectivity index (χ4n) is 5.70. The highest BCUT2D eigenvalue weighted by atomic mass is 19.4. The van der Waals surface area contributed by atoms with Gasteiger partial charge in [0.05, 0.1) is 29.9 Å². The van der Waals surface area contributed by atoms with Gasteiger partial charge < -0.3 is 9.88 Å². The number of aromatic nitrogens is 5. The normalized spacial score (nSPS) is 18.2. The van der Waals surface area contributed by atoms with E-state index in [9.17, 15) is 23.2 Å². The highest BCUT2D eigenvalue weighted by Gasteiger charge is 2.48. The van der Waals surface area contributed by atoms with E-state index in [0.717, 1.165) is 34.4 Å². The second kappa shape index (κ2) is 9.50. The van der Waals surface area contributed by atoms with E-state index in [1.165, 1.54) is 18.5 Å². The predicted octanol–water partition coefficient (Wildman–Crippen LogP) is 4.07. The summed E-state index contributed by atoms with van der Waals surface area (Å²) in [5, 5.41) is 15.1. The number of hydrogen-bond donors (Lipinski definition) is 1. The van der Waals surface area contributed by atoms with E-state index >= 15 is 0 Å². The van der Waals surface area contributed by atoms with Crippen molar-refractivity contribution < 1.29 is 18.0 Å². The topological polar surface area (TPSA) is 107 Å². The van der Waals surface area contributed by atoms with E-state index < -0.39 is 17.3 Å². The Hall–Kier alpha value is -4.24. The highest BCUT2D eigenvalue weighted by molar-refractivity contribution is 5.94. The molecule has 1 N–H and O–H groups in total. The second-order valence-electron chi connectivity index (χ2n) is 10.2. The molecule has 9 nitrogen and oxygen atoms in total. The van der Waals surface area contributed by atoms with Crippen molar-refractivity contribution in [3.63, 3.8) is 0 Å². The number of amides is 1. The van der Waals surface area contributed by atoms with E-state index in [2.05, 4.69) is 31.0 Å². The number of rotatable bonds is 5. The number of nitrogens with one attached hydrogen (secondary N) is 1. The average Bonchev–Trinajstić information content (AvgIpc) is 3.60. The lowest BCUT2D eigenvalue weighted by molar-refractivity contribution is -0.137. The van der Waals surface area contributed by atoms with Gasteiger partial charge in [0.15, 0.2) is 0 Å². The molecule has 2 aliphatic heterocycles. The third-order valence-corrected chi connectivity index (χ3v) is 7.80. The Morgan fingerprint density at radius 1 is 1.18 bits per heavy atom. The van der Waals surface area contributed by atoms with Crippen LogP contribution in [0.4, 0.5) is 13.2 Å². The number of hydrogen-bond acceptors (Lipinski definition) is 6. The minimum Gasteiger partial charge on any atom is -0.346 e. The van der Waals surface area contributed by atoms with Gasteiger partial charge in [-0.1, -0.05) is 6.07 Å². The van der Waals surface area contributed by atoms with Crippen LogP contribution in [0.3, 0.4) is 0 Å². The quantitative estimate of drug-likeness (QED) is 0.414. The molecule has 0 spiro atoms. The first-order valence-electron chi connectivity index (χ1n) is 12.7. The average molecular weight is 535 g/mol. The van der Waals surface area contributed by atoms with Gasteiger partial charge in [0.25, 0.3) is 5.91 Å². The predicted molar refractivity (Wildman–Crippen MR) is 135 cm³/mol. The summed E-state index contributed by atoms with van der Waals surface area (Å²) in [7, 11) is 0. The molecule has 2 saturated heterocycles. The number of alkyl halides is 3. The Morgan fingerprint density at radius 2 is 1.97 bits per heavy atom. The molecule has 5 heterocycles. The van der Waals surface area contributed by atoms with Gasteiger partial charge in [-0.15, -0.1) is 0 Å². The Labute approximate surface area is 221 Å². The summed E-state index contributed by atoms with van der Waals surface area (Å²) in [6, 6.07) is 9.03. The molecule has 0 atom stereocenters. The fraction of sp³-hybridized carbons (Fsp3) is 0.370. The minimum absolute atomic E-state index is 0.0513. The smallest absolute Gasteiger partial charge is 0.346 e. The first-order chi connectivity index (χ1) is 18.8. The summed E-state index contributed by atoms with van der Waals surface area (Å²) in [5.74, 6) is -0.382. The molecular formula is C27H25F3N8O. The number of fused-ring (bicyclic) bond motifs is 1. The minimum atomic E-state index is -4.49. The van der Waals surface area contributed by atoms with Gasteiger partial charge in [-0.3, -0.25) is 14.4 Å². The van der Waals surface area contributed by atoms with Crippen LogP contribution in [-0.2, 0) is 11.7 Å². The van der Waals surface area contributed by atoms with E-state index in [0.29, 0.717) is 45.4 Å². The molecule has 3 aromatic heterocycles. The molecule has 0 saturated carbocycles. The molecule has 39 heavy (non-hydrogen) atoms. The molecular weight excluding hydrogens is 509 g/mol. The van der Waals surface area contributed by atoms with Crippen LogP contribution in [0, 0.1) is 11.3 Å². The standard InChI is InChI=1S/C27H25F3N8O/c28-27(29,30)20-3-1-2-18(12-20)25(39)36-10-5-21(6-11-36)37-15-26(16-37,7-8-31)38-14-19(13-35-38)23-22-4-9-32-24(22)34-17-33-23/h1-4,9,12-14,17,21H,5-7,10-11,15-16H2,(H,32,33,34). The third-order valence-electron chi connectivity index (χ3n) is 7.80. The van der Waals surface area contributed by atoms with E-state index in [1.807, 2.05) is 23.1 Å². The Balaban J connectivity index is 1.11. The second-order valence-corrected chi connectivity index (χ2v) is 10.2. The highest BCUT2D eigenvalue weighted by Crippen LogP contribution is 2.37. The largest absolute Gasteiger partial charge is 0.416 e. The Kier molecular flexibility index (Phi) is 6.10. The molecule has 2 fully saturated rings. The van der Waals surface area contributed by atoms with Crippen LogP contribution in [0.1, 0.15) is 35.2 Å². The molecule has 1 aromatic carbocycles. The van der Waals surface area contributed by atoms with Crippen LogP contribution in [0.2, 0.25) is 0 Å². The zero-order chi connectivity index (χ0) is 27.2. The number of likely N-dealkylation sites (tertiary alicyclic amines) is 2. The molecule has 0 radical (unpaired) electrons. The number of carbonyl (C=O) groups is 1. The molecule has 200 valence electrons. The van der Waals surface area contributed by atoms with E-state index in [-0.39, 0.29) is 17.5 Å². The van der Waals surface area contributed by atoms with Crippen LogP contribution in [0.25, 0.3) is 22.3 Å². The van der Waals surface area contributed by atoms with Gasteiger partial charge in [0.1, 0.15) is 17.5 Å². The van der Waals surface area contributed by atoms with Crippen molar-refractivity contribution in [2.45, 2.75) is 37.0 Å². The zero-order valence-electron chi connectivity index (χ0n) is 20.9. The first kappa shape index (κ1) is 25.1. The van der Waals surface area contributed by atoms with Crippen molar-refractivity contribution in [1.29, 1.82) is 5.26 Å². The van der Waals surface area contributed by atoms with Crippen LogP contribution >= 0.6 is 0 Å². The molecule has 4 aromatic rings. The summed E-state index contributed by atoms with van der Waals surface area (Å²) in [5.41, 5.74) is 1.13. The number of H-pyrrole nitrogens is 1. The number of halogens is 3. The van der Waals surface area contributed by atoms with Gasteiger partial charge in [0, 0.05) is 61.1 Å². The molecule has 12 heteroatoms. The monoisotopic (exact) mass is 534 g/mol. The zero-order valence-corrected chi connectivity index (χ0v) is 20.9. The Morgan fingerprint density at radius 3 is 2.72 bits per heavy atom. The maximum absolute atomic E-state index is 13.1. The van der Waals surface area contributed by atoms with E-state index in [1.54, 1.807) is 11.1 Å². The van der Waals surface area contributed by atoms with Crippen molar-refractivity contribution in [2.75, 3.05) is 26.2 Å². The summed E-state index contributed by atoms with van der Waals surface area (Å²) in [4.78, 5) is 28.6. The summed E-state index contributed by atoms with van der Waals surface area (Å²) >= 11 is 0. The van der Waals surface area contributed by atoms with Crippen LogP contribution in [0.15, 0.2) is 55.2 Å². The van der Waals surface area contributed by atoms with Crippen LogP contribution in [0.5, 0.6) is 0 Å². The molecule has 1 amide bonds. The Bertz CT molecular complexity index is 1550. The lowest BCUT2D eigenvalue weighted by atomic mass is 9.83. The number of aromatic amines is 1. The van der Waals surface area contributed by atoms with Crippen LogP contribution < -0.4 is 0 Å². The van der Waals surface area contributed by atoms with Crippen LogP contribution in [-0.4, -0.2) is 72.7 Å². The number of carbonyl (C=O) groups excluding carboxylic acids is 1. The number of nitriles is 1. The van der Waals surface area contributed by atoms with Crippen molar-refractivity contribution in [3.05, 3.63) is 66.4 Å². The van der Waals surface area contributed by atoms with Crippen molar-refractivity contribution in [3.8, 4) is 17.3 Å². The maximum atomic E-state index is 13.1. The third kappa shape index (κ3) is 4.52. The van der Waals surface area contributed by atoms with Gasteiger partial charge in [-0.2, -0.15) is 23.5 Å². The maximum Gasteiger partial charge on any atom is 0.416 e. The molecule has 0 bridgehead atoms. The number of nitrogens with zero attached hydrogens (tertiary/aromatic N) is 7.